The smallest absolute Gasteiger partial charge is 0.252 e. The number of benzene rings is 3. The van der Waals surface area contributed by atoms with Crippen molar-refractivity contribution in [2.45, 2.75) is 37.9 Å². The third-order valence-electron chi connectivity index (χ3n) is 6.90. The molecule has 1 aromatic heterocycles. The molecule has 0 spiro atoms. The summed E-state index contributed by atoms with van der Waals surface area (Å²) in [7, 11) is 0. The van der Waals surface area contributed by atoms with Crippen molar-refractivity contribution in [1.82, 2.24) is 15.6 Å². The number of phenolic OH excluding ortho intramolecular Hbond substituents is 1. The van der Waals surface area contributed by atoms with Gasteiger partial charge in [0.15, 0.2) is 0 Å². The van der Waals surface area contributed by atoms with Crippen molar-refractivity contribution < 1.29 is 9.90 Å². The first kappa shape index (κ1) is 19.1. The number of rotatable bonds is 4. The lowest BCUT2D eigenvalue weighted by atomic mass is 9.88. The van der Waals surface area contributed by atoms with E-state index >= 15 is 0 Å². The lowest BCUT2D eigenvalue weighted by Crippen LogP contribution is -2.34. The molecule has 0 radical (unpaired) electrons. The largest absolute Gasteiger partial charge is 0.508 e. The zero-order valence-corrected chi connectivity index (χ0v) is 17.7. The maximum Gasteiger partial charge on any atom is 0.252 e. The van der Waals surface area contributed by atoms with Crippen LogP contribution in [0.1, 0.15) is 50.8 Å². The van der Waals surface area contributed by atoms with Crippen LogP contribution < -0.4 is 10.6 Å². The van der Waals surface area contributed by atoms with E-state index in [4.69, 9.17) is 0 Å². The highest BCUT2D eigenvalue weighted by Crippen LogP contribution is 2.38. The normalized spacial score (nSPS) is 19.6. The lowest BCUT2D eigenvalue weighted by Gasteiger charge is -2.26. The molecule has 0 fully saturated rings. The SMILES string of the molecule is O=C1N[C@H](c2c(CN[C@@H]3CCc4ccccc4C3)[nH]c3ccccc23)c2cc(O)ccc21. The molecule has 0 unspecified atom stereocenters. The summed E-state index contributed by atoms with van der Waals surface area (Å²) in [6, 6.07) is 22.0. The molecule has 5 heteroatoms. The third kappa shape index (κ3) is 3.17. The minimum absolute atomic E-state index is 0.0990. The summed E-state index contributed by atoms with van der Waals surface area (Å²) in [5.41, 5.74) is 7.54. The van der Waals surface area contributed by atoms with Gasteiger partial charge in [0.05, 0.1) is 6.04 Å². The maximum absolute atomic E-state index is 12.6. The van der Waals surface area contributed by atoms with Crippen molar-refractivity contribution in [1.29, 1.82) is 0 Å². The number of aromatic nitrogens is 1. The minimum Gasteiger partial charge on any atom is -0.508 e. The molecule has 2 aliphatic rings. The average Bonchev–Trinajstić information content (AvgIpc) is 3.34. The predicted molar refractivity (Wildman–Crippen MR) is 125 cm³/mol. The van der Waals surface area contributed by atoms with Gasteiger partial charge in [-0.05, 0) is 60.2 Å². The van der Waals surface area contributed by atoms with Crippen LogP contribution in [0.2, 0.25) is 0 Å². The fourth-order valence-corrected chi connectivity index (χ4v) is 5.32. The first-order valence-electron chi connectivity index (χ1n) is 11.2. The second-order valence-corrected chi connectivity index (χ2v) is 8.83. The van der Waals surface area contributed by atoms with E-state index in [-0.39, 0.29) is 17.7 Å². The van der Waals surface area contributed by atoms with Gasteiger partial charge < -0.3 is 20.7 Å². The summed E-state index contributed by atoms with van der Waals surface area (Å²) in [5, 5.41) is 18.1. The highest BCUT2D eigenvalue weighted by molar-refractivity contribution is 6.01. The van der Waals surface area contributed by atoms with Crippen molar-refractivity contribution in [2.24, 2.45) is 0 Å². The summed E-state index contributed by atoms with van der Waals surface area (Å²) in [4.78, 5) is 16.2. The van der Waals surface area contributed by atoms with E-state index in [1.165, 1.54) is 11.1 Å². The van der Waals surface area contributed by atoms with Gasteiger partial charge in [0.1, 0.15) is 5.75 Å². The molecule has 2 heterocycles. The molecule has 0 bridgehead atoms. The van der Waals surface area contributed by atoms with Crippen molar-refractivity contribution in [2.75, 3.05) is 0 Å². The average molecular weight is 424 g/mol. The predicted octanol–water partition coefficient (Wildman–Crippen LogP) is 4.35. The van der Waals surface area contributed by atoms with Crippen LogP contribution in [0.25, 0.3) is 10.9 Å². The van der Waals surface area contributed by atoms with Gasteiger partial charge in [-0.15, -0.1) is 0 Å². The van der Waals surface area contributed by atoms with E-state index in [0.29, 0.717) is 18.2 Å². The van der Waals surface area contributed by atoms with Gasteiger partial charge in [-0.25, -0.2) is 0 Å². The Labute approximate surface area is 186 Å². The van der Waals surface area contributed by atoms with Gasteiger partial charge in [0.25, 0.3) is 5.91 Å². The fraction of sp³-hybridized carbons (Fsp3) is 0.222. The molecule has 2 atom stereocenters. The molecule has 6 rings (SSSR count). The highest BCUT2D eigenvalue weighted by atomic mass is 16.3. The van der Waals surface area contributed by atoms with Gasteiger partial charge >= 0.3 is 0 Å². The molecule has 4 aromatic rings. The molecule has 4 N–H and O–H groups in total. The first-order valence-corrected chi connectivity index (χ1v) is 11.2. The number of amides is 1. The Kier molecular flexibility index (Phi) is 4.51. The molecule has 0 saturated carbocycles. The summed E-state index contributed by atoms with van der Waals surface area (Å²) >= 11 is 0. The number of hydrogen-bond donors (Lipinski definition) is 4. The van der Waals surface area contributed by atoms with E-state index in [9.17, 15) is 9.90 Å². The minimum atomic E-state index is -0.287. The van der Waals surface area contributed by atoms with Crippen LogP contribution in [-0.2, 0) is 19.4 Å². The van der Waals surface area contributed by atoms with E-state index in [1.807, 2.05) is 12.1 Å². The second-order valence-electron chi connectivity index (χ2n) is 8.83. The zero-order chi connectivity index (χ0) is 21.7. The molecule has 1 aliphatic heterocycles. The number of carbonyl (C=O) groups is 1. The van der Waals surface area contributed by atoms with E-state index in [0.717, 1.165) is 47.0 Å². The van der Waals surface area contributed by atoms with Gasteiger partial charge in [0.2, 0.25) is 0 Å². The van der Waals surface area contributed by atoms with E-state index in [1.54, 1.807) is 18.2 Å². The Morgan fingerprint density at radius 3 is 2.72 bits per heavy atom. The Morgan fingerprint density at radius 2 is 1.81 bits per heavy atom. The number of H-pyrrole nitrogens is 1. The first-order chi connectivity index (χ1) is 15.7. The summed E-state index contributed by atoms with van der Waals surface area (Å²) in [5.74, 6) is 0.0729. The van der Waals surface area contributed by atoms with Crippen LogP contribution in [0.4, 0.5) is 0 Å². The number of fused-ring (bicyclic) bond motifs is 3. The topological polar surface area (TPSA) is 77.2 Å². The van der Waals surface area contributed by atoms with Crippen molar-refractivity contribution in [3.05, 3.63) is 100 Å². The molecule has 0 saturated heterocycles. The molecule has 3 aromatic carbocycles. The number of nitrogens with one attached hydrogen (secondary N) is 3. The van der Waals surface area contributed by atoms with Gasteiger partial charge in [-0.3, -0.25) is 4.79 Å². The van der Waals surface area contributed by atoms with Crippen LogP contribution in [0.15, 0.2) is 66.7 Å². The highest BCUT2D eigenvalue weighted by Gasteiger charge is 2.33. The number of carbonyl (C=O) groups excluding carboxylic acids is 1. The Morgan fingerprint density at radius 1 is 1.00 bits per heavy atom. The third-order valence-corrected chi connectivity index (χ3v) is 6.90. The monoisotopic (exact) mass is 423 g/mol. The van der Waals surface area contributed by atoms with Crippen LogP contribution >= 0.6 is 0 Å². The Hall–Kier alpha value is -3.57. The lowest BCUT2D eigenvalue weighted by molar-refractivity contribution is 0.0960. The van der Waals surface area contributed by atoms with Crippen LogP contribution in [0, 0.1) is 0 Å². The maximum atomic E-state index is 12.6. The molecule has 32 heavy (non-hydrogen) atoms. The molecule has 1 aliphatic carbocycles. The Bertz CT molecular complexity index is 1340. The van der Waals surface area contributed by atoms with E-state index in [2.05, 4.69) is 52.0 Å². The summed E-state index contributed by atoms with van der Waals surface area (Å²) in [6.07, 6.45) is 3.24. The van der Waals surface area contributed by atoms with Gasteiger partial charge in [-0.2, -0.15) is 0 Å². The van der Waals surface area contributed by atoms with Crippen molar-refractivity contribution in [3.8, 4) is 5.75 Å². The fourth-order valence-electron chi connectivity index (χ4n) is 5.32. The number of para-hydroxylation sites is 1. The van der Waals surface area contributed by atoms with Crippen molar-refractivity contribution >= 4 is 16.8 Å². The number of aromatic amines is 1. The van der Waals surface area contributed by atoms with Crippen molar-refractivity contribution in [3.63, 3.8) is 0 Å². The number of aryl methyl sites for hydroxylation is 1. The quantitative estimate of drug-likeness (QED) is 0.394. The standard InChI is InChI=1S/C27H25N3O2/c31-19-11-12-20-22(14-19)26(30-27(20)32)25-21-7-3-4-8-23(21)29-24(25)15-28-18-10-9-16-5-1-2-6-17(16)13-18/h1-8,11-12,14,18,26,28-29,31H,9-10,13,15H2,(H,30,32)/t18-,26+/m1/s1. The summed E-state index contributed by atoms with van der Waals surface area (Å²) in [6.45, 7) is 0.692. The Balaban J connectivity index is 1.34. The zero-order valence-electron chi connectivity index (χ0n) is 17.7. The molecule has 160 valence electrons. The molecular formula is C27H25N3O2. The van der Waals surface area contributed by atoms with Crippen LogP contribution in [0.5, 0.6) is 5.75 Å². The molecule has 5 nitrogen and oxygen atoms in total. The number of phenols is 1. The summed E-state index contributed by atoms with van der Waals surface area (Å²) < 4.78 is 0. The van der Waals surface area contributed by atoms with Gasteiger partial charge in [0, 0.05) is 40.3 Å². The van der Waals surface area contributed by atoms with Crippen LogP contribution in [-0.4, -0.2) is 22.0 Å². The molecule has 1 amide bonds. The van der Waals surface area contributed by atoms with Gasteiger partial charge in [-0.1, -0.05) is 42.5 Å². The van der Waals surface area contributed by atoms with E-state index < -0.39 is 0 Å². The number of hydrogen-bond acceptors (Lipinski definition) is 3. The molecular weight excluding hydrogens is 398 g/mol. The van der Waals surface area contributed by atoms with Crippen LogP contribution in [0.3, 0.4) is 0 Å². The second kappa shape index (κ2) is 7.53. The number of aromatic hydroxyl groups is 1.